The number of carboxylic acid groups (broad SMARTS) is 1. The van der Waals surface area contributed by atoms with Crippen molar-refractivity contribution in [2.75, 3.05) is 0 Å². The van der Waals surface area contributed by atoms with Gasteiger partial charge in [0, 0.05) is 23.2 Å². The Morgan fingerprint density at radius 2 is 2.00 bits per heavy atom. The maximum atomic E-state index is 10.8. The van der Waals surface area contributed by atoms with Gasteiger partial charge in [-0.05, 0) is 19.1 Å². The molecule has 1 unspecified atom stereocenters. The second-order valence-corrected chi connectivity index (χ2v) is 5.35. The summed E-state index contributed by atoms with van der Waals surface area (Å²) in [5, 5.41) is 12.9. The number of benzene rings is 1. The minimum atomic E-state index is -1.05. The van der Waals surface area contributed by atoms with Gasteiger partial charge in [0.05, 0.1) is 5.02 Å². The zero-order valence-electron chi connectivity index (χ0n) is 11.0. The van der Waals surface area contributed by atoms with Crippen molar-refractivity contribution >= 4 is 29.2 Å². The molecule has 0 spiro atoms. The van der Waals surface area contributed by atoms with Gasteiger partial charge in [0.2, 0.25) is 0 Å². The van der Waals surface area contributed by atoms with E-state index in [0.717, 1.165) is 5.56 Å². The summed E-state index contributed by atoms with van der Waals surface area (Å²) in [5.74, 6) is -0.692. The molecule has 1 aromatic carbocycles. The molecule has 0 amide bonds. The summed E-state index contributed by atoms with van der Waals surface area (Å²) >= 11 is 12.0. The van der Waals surface area contributed by atoms with E-state index in [1.165, 1.54) is 13.0 Å². The van der Waals surface area contributed by atoms with E-state index in [1.807, 2.05) is 13.8 Å². The first-order valence-electron chi connectivity index (χ1n) is 5.92. The van der Waals surface area contributed by atoms with Crippen LogP contribution in [0.25, 0.3) is 0 Å². The van der Waals surface area contributed by atoms with Crippen molar-refractivity contribution < 1.29 is 14.6 Å². The molecule has 106 valence electrons. The van der Waals surface area contributed by atoms with E-state index in [-0.39, 0.29) is 6.04 Å². The average molecular weight is 306 g/mol. The van der Waals surface area contributed by atoms with Gasteiger partial charge in [-0.2, -0.15) is 0 Å². The zero-order valence-corrected chi connectivity index (χ0v) is 12.5. The molecule has 0 aromatic heterocycles. The van der Waals surface area contributed by atoms with Crippen molar-refractivity contribution in [1.82, 2.24) is 5.32 Å². The quantitative estimate of drug-likeness (QED) is 0.846. The maximum absolute atomic E-state index is 10.8. The number of halogens is 2. The fourth-order valence-electron chi connectivity index (χ4n) is 1.42. The number of carbonyl (C=O) groups is 1. The van der Waals surface area contributed by atoms with Crippen LogP contribution in [0.3, 0.4) is 0 Å². The summed E-state index contributed by atoms with van der Waals surface area (Å²) in [6.07, 6.45) is -0.975. The Kier molecular flexibility index (Phi) is 5.91. The Balaban J connectivity index is 3.02. The number of ether oxygens (including phenoxy) is 1. The first-order chi connectivity index (χ1) is 8.81. The number of aliphatic carboxylic acids is 1. The molecule has 0 saturated carbocycles. The number of hydrogen-bond acceptors (Lipinski definition) is 3. The summed E-state index contributed by atoms with van der Waals surface area (Å²) in [4.78, 5) is 10.8. The lowest BCUT2D eigenvalue weighted by Crippen LogP contribution is -2.25. The fraction of sp³-hybridized carbons (Fsp3) is 0.462. The molecule has 0 aliphatic rings. The van der Waals surface area contributed by atoms with E-state index in [9.17, 15) is 4.79 Å². The molecule has 0 aliphatic heterocycles. The minimum absolute atomic E-state index is 0.280. The predicted octanol–water partition coefficient (Wildman–Crippen LogP) is 3.34. The van der Waals surface area contributed by atoms with Gasteiger partial charge < -0.3 is 15.2 Å². The monoisotopic (exact) mass is 305 g/mol. The first-order valence-corrected chi connectivity index (χ1v) is 6.67. The third-order valence-electron chi connectivity index (χ3n) is 2.43. The van der Waals surface area contributed by atoms with Gasteiger partial charge in [0.1, 0.15) is 5.75 Å². The standard InChI is InChI=1S/C13H17Cl2NO3/c1-7(2)16-6-9-4-10(14)5-11(15)12(9)19-8(3)13(17)18/h4-5,7-8,16H,6H2,1-3H3,(H,17,18). The smallest absolute Gasteiger partial charge is 0.344 e. The Hall–Kier alpha value is -0.970. The summed E-state index contributed by atoms with van der Waals surface area (Å²) in [6.45, 7) is 5.96. The number of rotatable bonds is 6. The minimum Gasteiger partial charge on any atom is -0.479 e. The lowest BCUT2D eigenvalue weighted by atomic mass is 10.2. The van der Waals surface area contributed by atoms with Crippen LogP contribution in [0.2, 0.25) is 10.0 Å². The largest absolute Gasteiger partial charge is 0.479 e. The van der Waals surface area contributed by atoms with E-state index in [4.69, 9.17) is 33.0 Å². The van der Waals surface area contributed by atoms with Crippen molar-refractivity contribution in [2.45, 2.75) is 39.5 Å². The molecule has 0 fully saturated rings. The van der Waals surface area contributed by atoms with Crippen molar-refractivity contribution in [3.63, 3.8) is 0 Å². The second-order valence-electron chi connectivity index (χ2n) is 4.51. The van der Waals surface area contributed by atoms with Crippen LogP contribution in [-0.2, 0) is 11.3 Å². The number of hydrogen-bond donors (Lipinski definition) is 2. The normalized spacial score (nSPS) is 12.5. The lowest BCUT2D eigenvalue weighted by molar-refractivity contribution is -0.144. The average Bonchev–Trinajstić information content (AvgIpc) is 2.29. The molecule has 4 nitrogen and oxygen atoms in total. The van der Waals surface area contributed by atoms with Gasteiger partial charge >= 0.3 is 5.97 Å². The highest BCUT2D eigenvalue weighted by Gasteiger charge is 2.18. The van der Waals surface area contributed by atoms with Crippen LogP contribution < -0.4 is 10.1 Å². The molecular formula is C13H17Cl2NO3. The SMILES string of the molecule is CC(C)NCc1cc(Cl)cc(Cl)c1OC(C)C(=O)O. The molecule has 1 atom stereocenters. The second kappa shape index (κ2) is 6.98. The summed E-state index contributed by atoms with van der Waals surface area (Å²) in [6, 6.07) is 3.53. The Morgan fingerprint density at radius 3 is 2.53 bits per heavy atom. The predicted molar refractivity (Wildman–Crippen MR) is 76.2 cm³/mol. The molecular weight excluding hydrogens is 289 g/mol. The third-order valence-corrected chi connectivity index (χ3v) is 2.93. The lowest BCUT2D eigenvalue weighted by Gasteiger charge is -2.17. The molecule has 0 bridgehead atoms. The van der Waals surface area contributed by atoms with Crippen LogP contribution in [0.4, 0.5) is 0 Å². The van der Waals surface area contributed by atoms with E-state index < -0.39 is 12.1 Å². The van der Waals surface area contributed by atoms with Crippen LogP contribution in [-0.4, -0.2) is 23.2 Å². The molecule has 19 heavy (non-hydrogen) atoms. The topological polar surface area (TPSA) is 58.6 Å². The van der Waals surface area contributed by atoms with Crippen LogP contribution in [0, 0.1) is 0 Å². The zero-order chi connectivity index (χ0) is 14.6. The van der Waals surface area contributed by atoms with E-state index in [2.05, 4.69) is 5.32 Å². The Labute approximate surface area is 122 Å². The summed E-state index contributed by atoms with van der Waals surface area (Å²) in [7, 11) is 0. The maximum Gasteiger partial charge on any atom is 0.344 e. The van der Waals surface area contributed by atoms with Gasteiger partial charge in [-0.3, -0.25) is 0 Å². The number of carboxylic acids is 1. The molecule has 2 N–H and O–H groups in total. The van der Waals surface area contributed by atoms with E-state index >= 15 is 0 Å². The third kappa shape index (κ3) is 4.90. The van der Waals surface area contributed by atoms with E-state index in [0.29, 0.717) is 22.3 Å². The fourth-order valence-corrected chi connectivity index (χ4v) is 2.00. The van der Waals surface area contributed by atoms with Crippen LogP contribution >= 0.6 is 23.2 Å². The summed E-state index contributed by atoms with van der Waals surface area (Å²) in [5.41, 5.74) is 0.735. The van der Waals surface area contributed by atoms with Crippen molar-refractivity contribution in [1.29, 1.82) is 0 Å². The van der Waals surface area contributed by atoms with Gasteiger partial charge in [0.25, 0.3) is 0 Å². The van der Waals surface area contributed by atoms with Gasteiger partial charge in [-0.15, -0.1) is 0 Å². The van der Waals surface area contributed by atoms with E-state index in [1.54, 1.807) is 6.07 Å². The molecule has 0 heterocycles. The highest BCUT2D eigenvalue weighted by atomic mass is 35.5. The van der Waals surface area contributed by atoms with Crippen molar-refractivity contribution in [3.05, 3.63) is 27.7 Å². The van der Waals surface area contributed by atoms with Gasteiger partial charge in [0.15, 0.2) is 6.10 Å². The molecule has 0 radical (unpaired) electrons. The van der Waals surface area contributed by atoms with Crippen LogP contribution in [0.15, 0.2) is 12.1 Å². The Morgan fingerprint density at radius 1 is 1.37 bits per heavy atom. The molecule has 0 aliphatic carbocycles. The van der Waals surface area contributed by atoms with Crippen LogP contribution in [0.5, 0.6) is 5.75 Å². The van der Waals surface area contributed by atoms with Gasteiger partial charge in [-0.1, -0.05) is 37.0 Å². The Bertz CT molecular complexity index is 463. The number of nitrogens with one attached hydrogen (secondary N) is 1. The first kappa shape index (κ1) is 16.1. The highest BCUT2D eigenvalue weighted by molar-refractivity contribution is 6.35. The summed E-state index contributed by atoms with van der Waals surface area (Å²) < 4.78 is 5.39. The van der Waals surface area contributed by atoms with Crippen molar-refractivity contribution in [3.8, 4) is 5.75 Å². The molecule has 1 rings (SSSR count). The highest BCUT2D eigenvalue weighted by Crippen LogP contribution is 2.33. The molecule has 0 saturated heterocycles. The molecule has 1 aromatic rings. The molecule has 6 heteroatoms. The van der Waals surface area contributed by atoms with Crippen LogP contribution in [0.1, 0.15) is 26.3 Å². The van der Waals surface area contributed by atoms with Gasteiger partial charge in [-0.25, -0.2) is 4.79 Å². The van der Waals surface area contributed by atoms with Crippen molar-refractivity contribution in [2.24, 2.45) is 0 Å².